The van der Waals surface area contributed by atoms with Crippen LogP contribution >= 0.6 is 0 Å². The standard InChI is InChI=1S/C17H26O3/c1-3-7-14(2)8-5-4-6-13-20-16-11-9-15(10-12-16)17(18)19/h9-12,14H,3-8,13H2,1-2H3,(H,18,19)/t14-/m0/s1. The summed E-state index contributed by atoms with van der Waals surface area (Å²) in [6, 6.07) is 6.58. The maximum Gasteiger partial charge on any atom is 0.335 e. The zero-order chi connectivity index (χ0) is 14.8. The summed E-state index contributed by atoms with van der Waals surface area (Å²) in [4.78, 5) is 10.7. The van der Waals surface area contributed by atoms with Crippen molar-refractivity contribution in [3.05, 3.63) is 29.8 Å². The SMILES string of the molecule is CCC[C@H](C)CCCCCOc1ccc(C(=O)O)cc1. The maximum atomic E-state index is 10.7. The second kappa shape index (κ2) is 9.40. The minimum absolute atomic E-state index is 0.294. The van der Waals surface area contributed by atoms with Crippen LogP contribution in [0.4, 0.5) is 0 Å². The van der Waals surface area contributed by atoms with E-state index in [4.69, 9.17) is 9.84 Å². The van der Waals surface area contributed by atoms with E-state index < -0.39 is 5.97 Å². The lowest BCUT2D eigenvalue weighted by Gasteiger charge is -2.10. The summed E-state index contributed by atoms with van der Waals surface area (Å²) in [5.41, 5.74) is 0.294. The highest BCUT2D eigenvalue weighted by Crippen LogP contribution is 2.16. The molecule has 0 aliphatic carbocycles. The van der Waals surface area contributed by atoms with E-state index in [2.05, 4.69) is 13.8 Å². The van der Waals surface area contributed by atoms with Gasteiger partial charge in [0.1, 0.15) is 5.75 Å². The Kier molecular flexibility index (Phi) is 7.78. The number of ether oxygens (including phenoxy) is 1. The van der Waals surface area contributed by atoms with Gasteiger partial charge in [-0.25, -0.2) is 4.79 Å². The summed E-state index contributed by atoms with van der Waals surface area (Å²) in [5, 5.41) is 8.79. The zero-order valence-corrected chi connectivity index (χ0v) is 12.6. The van der Waals surface area contributed by atoms with Crippen molar-refractivity contribution in [3.8, 4) is 5.75 Å². The van der Waals surface area contributed by atoms with Crippen LogP contribution in [0, 0.1) is 5.92 Å². The van der Waals surface area contributed by atoms with E-state index in [1.165, 1.54) is 32.1 Å². The van der Waals surface area contributed by atoms with Crippen LogP contribution in [-0.4, -0.2) is 17.7 Å². The van der Waals surface area contributed by atoms with Crippen LogP contribution < -0.4 is 4.74 Å². The van der Waals surface area contributed by atoms with E-state index >= 15 is 0 Å². The van der Waals surface area contributed by atoms with Gasteiger partial charge < -0.3 is 9.84 Å². The first-order valence-electron chi connectivity index (χ1n) is 7.59. The molecule has 3 heteroatoms. The van der Waals surface area contributed by atoms with Crippen LogP contribution in [0.3, 0.4) is 0 Å². The fraction of sp³-hybridized carbons (Fsp3) is 0.588. The molecule has 0 radical (unpaired) electrons. The first-order valence-corrected chi connectivity index (χ1v) is 7.59. The molecule has 0 unspecified atom stereocenters. The third kappa shape index (κ3) is 6.60. The molecule has 1 atom stereocenters. The van der Waals surface area contributed by atoms with Crippen molar-refractivity contribution in [2.75, 3.05) is 6.61 Å². The van der Waals surface area contributed by atoms with E-state index in [1.54, 1.807) is 24.3 Å². The predicted molar refractivity (Wildman–Crippen MR) is 81.4 cm³/mol. The smallest absolute Gasteiger partial charge is 0.335 e. The molecular formula is C17H26O3. The molecular weight excluding hydrogens is 252 g/mol. The van der Waals surface area contributed by atoms with Crippen molar-refractivity contribution in [2.24, 2.45) is 5.92 Å². The molecule has 0 saturated carbocycles. The van der Waals surface area contributed by atoms with E-state index in [0.717, 1.165) is 18.1 Å². The van der Waals surface area contributed by atoms with Crippen LogP contribution in [0.1, 0.15) is 62.7 Å². The molecule has 0 aliphatic rings. The fourth-order valence-electron chi connectivity index (χ4n) is 2.29. The summed E-state index contributed by atoms with van der Waals surface area (Å²) in [6.45, 7) is 5.26. The summed E-state index contributed by atoms with van der Waals surface area (Å²) in [7, 11) is 0. The lowest BCUT2D eigenvalue weighted by atomic mass is 9.99. The van der Waals surface area contributed by atoms with Crippen molar-refractivity contribution in [1.82, 2.24) is 0 Å². The quantitative estimate of drug-likeness (QED) is 0.628. The summed E-state index contributed by atoms with van der Waals surface area (Å²) in [5.74, 6) is 0.677. The van der Waals surface area contributed by atoms with Crippen molar-refractivity contribution >= 4 is 5.97 Å². The molecule has 0 spiro atoms. The number of rotatable bonds is 10. The van der Waals surface area contributed by atoms with Crippen molar-refractivity contribution < 1.29 is 14.6 Å². The zero-order valence-electron chi connectivity index (χ0n) is 12.6. The van der Waals surface area contributed by atoms with E-state index in [-0.39, 0.29) is 0 Å². The van der Waals surface area contributed by atoms with Gasteiger partial charge in [-0.15, -0.1) is 0 Å². The molecule has 0 aromatic heterocycles. The number of carboxylic acid groups (broad SMARTS) is 1. The van der Waals surface area contributed by atoms with E-state index in [0.29, 0.717) is 12.2 Å². The van der Waals surface area contributed by atoms with E-state index in [9.17, 15) is 4.79 Å². The van der Waals surface area contributed by atoms with Crippen molar-refractivity contribution in [2.45, 2.75) is 52.4 Å². The number of hydrogen-bond donors (Lipinski definition) is 1. The Morgan fingerprint density at radius 2 is 1.85 bits per heavy atom. The molecule has 1 N–H and O–H groups in total. The average molecular weight is 278 g/mol. The largest absolute Gasteiger partial charge is 0.494 e. The van der Waals surface area contributed by atoms with Crippen molar-refractivity contribution in [1.29, 1.82) is 0 Å². The van der Waals surface area contributed by atoms with Crippen LogP contribution in [0.2, 0.25) is 0 Å². The third-order valence-corrected chi connectivity index (χ3v) is 3.49. The Balaban J connectivity index is 2.10. The van der Waals surface area contributed by atoms with Gasteiger partial charge in [-0.3, -0.25) is 0 Å². The Bertz CT molecular complexity index is 384. The van der Waals surface area contributed by atoms with Gasteiger partial charge in [0, 0.05) is 0 Å². The predicted octanol–water partition coefficient (Wildman–Crippen LogP) is 4.76. The third-order valence-electron chi connectivity index (χ3n) is 3.49. The van der Waals surface area contributed by atoms with Gasteiger partial charge in [0.15, 0.2) is 0 Å². The molecule has 0 saturated heterocycles. The molecule has 1 rings (SSSR count). The Hall–Kier alpha value is -1.51. The molecule has 1 aromatic carbocycles. The van der Waals surface area contributed by atoms with Gasteiger partial charge in [-0.2, -0.15) is 0 Å². The number of benzene rings is 1. The molecule has 0 fully saturated rings. The van der Waals surface area contributed by atoms with Gasteiger partial charge >= 0.3 is 5.97 Å². The first kappa shape index (κ1) is 16.5. The van der Waals surface area contributed by atoms with Gasteiger partial charge in [0.05, 0.1) is 12.2 Å². The number of carbonyl (C=O) groups is 1. The highest BCUT2D eigenvalue weighted by Gasteiger charge is 2.02. The van der Waals surface area contributed by atoms with Crippen LogP contribution in [-0.2, 0) is 0 Å². The molecule has 20 heavy (non-hydrogen) atoms. The minimum Gasteiger partial charge on any atom is -0.494 e. The summed E-state index contributed by atoms with van der Waals surface area (Å²) < 4.78 is 5.60. The van der Waals surface area contributed by atoms with Crippen molar-refractivity contribution in [3.63, 3.8) is 0 Å². The lowest BCUT2D eigenvalue weighted by molar-refractivity contribution is 0.0697. The molecule has 0 amide bonds. The van der Waals surface area contributed by atoms with Crippen LogP contribution in [0.15, 0.2) is 24.3 Å². The molecule has 0 bridgehead atoms. The topological polar surface area (TPSA) is 46.5 Å². The first-order chi connectivity index (χ1) is 9.63. The van der Waals surface area contributed by atoms with Crippen LogP contribution in [0.5, 0.6) is 5.75 Å². The second-order valence-corrected chi connectivity index (χ2v) is 5.42. The van der Waals surface area contributed by atoms with Gasteiger partial charge in [0.2, 0.25) is 0 Å². The highest BCUT2D eigenvalue weighted by molar-refractivity contribution is 5.87. The second-order valence-electron chi connectivity index (χ2n) is 5.42. The average Bonchev–Trinajstić information content (AvgIpc) is 2.43. The molecule has 1 aromatic rings. The lowest BCUT2D eigenvalue weighted by Crippen LogP contribution is -2.00. The summed E-state index contributed by atoms with van der Waals surface area (Å²) in [6.07, 6.45) is 7.42. The molecule has 0 aliphatic heterocycles. The van der Waals surface area contributed by atoms with Gasteiger partial charge in [-0.1, -0.05) is 46.0 Å². The number of carboxylic acids is 1. The number of unbranched alkanes of at least 4 members (excludes halogenated alkanes) is 2. The normalized spacial score (nSPS) is 12.1. The Morgan fingerprint density at radius 1 is 1.15 bits per heavy atom. The minimum atomic E-state index is -0.905. The number of aromatic carboxylic acids is 1. The fourth-order valence-corrected chi connectivity index (χ4v) is 2.29. The Labute approximate surface area is 122 Å². The summed E-state index contributed by atoms with van der Waals surface area (Å²) >= 11 is 0. The van der Waals surface area contributed by atoms with E-state index in [1.807, 2.05) is 0 Å². The number of hydrogen-bond acceptors (Lipinski definition) is 2. The van der Waals surface area contributed by atoms with Crippen LogP contribution in [0.25, 0.3) is 0 Å². The van der Waals surface area contributed by atoms with Gasteiger partial charge in [0.25, 0.3) is 0 Å². The highest BCUT2D eigenvalue weighted by atomic mass is 16.5. The Morgan fingerprint density at radius 3 is 2.45 bits per heavy atom. The maximum absolute atomic E-state index is 10.7. The monoisotopic (exact) mass is 278 g/mol. The molecule has 0 heterocycles. The molecule has 112 valence electrons. The van der Waals surface area contributed by atoms with Gasteiger partial charge in [-0.05, 0) is 36.6 Å². The molecule has 3 nitrogen and oxygen atoms in total.